The van der Waals surface area contributed by atoms with E-state index in [-0.39, 0.29) is 18.2 Å². The maximum absolute atomic E-state index is 11.5. The van der Waals surface area contributed by atoms with Gasteiger partial charge in [-0.25, -0.2) is 0 Å². The highest BCUT2D eigenvalue weighted by atomic mass is 16.4. The molecule has 5 heteroatoms. The summed E-state index contributed by atoms with van der Waals surface area (Å²) in [5.41, 5.74) is 5.73. The Morgan fingerprint density at radius 3 is 2.50 bits per heavy atom. The highest BCUT2D eigenvalue weighted by Gasteiger charge is 2.18. The first kappa shape index (κ1) is 14.9. The molecule has 4 N–H and O–H groups in total. The Hall–Kier alpha value is -1.10. The Labute approximate surface area is 96.4 Å². The van der Waals surface area contributed by atoms with Crippen LogP contribution >= 0.6 is 0 Å². The maximum atomic E-state index is 11.5. The van der Waals surface area contributed by atoms with E-state index >= 15 is 0 Å². The van der Waals surface area contributed by atoms with Crippen molar-refractivity contribution in [2.24, 2.45) is 11.7 Å². The summed E-state index contributed by atoms with van der Waals surface area (Å²) in [6.07, 6.45) is 2.26. The number of aliphatic carboxylic acids is 1. The fourth-order valence-electron chi connectivity index (χ4n) is 1.24. The second-order valence-electron chi connectivity index (χ2n) is 4.05. The summed E-state index contributed by atoms with van der Waals surface area (Å²) < 4.78 is 0. The van der Waals surface area contributed by atoms with E-state index in [1.165, 1.54) is 0 Å². The van der Waals surface area contributed by atoms with E-state index in [4.69, 9.17) is 10.8 Å². The summed E-state index contributed by atoms with van der Waals surface area (Å²) in [7, 11) is 0. The van der Waals surface area contributed by atoms with Crippen LogP contribution in [0.1, 0.15) is 39.5 Å². The van der Waals surface area contributed by atoms with Gasteiger partial charge in [-0.1, -0.05) is 20.3 Å². The number of unbranched alkanes of at least 4 members (excludes halogenated alkanes) is 1. The molecule has 1 amide bonds. The lowest BCUT2D eigenvalue weighted by atomic mass is 9.99. The standard InChI is InChI=1S/C11H22N2O3/c1-3-8(2)10(12)11(16)13-7-5-4-6-9(14)15/h8,10H,3-7,12H2,1-2H3,(H,13,16)(H,14,15). The first-order chi connectivity index (χ1) is 7.49. The maximum Gasteiger partial charge on any atom is 0.303 e. The van der Waals surface area contributed by atoms with Crippen LogP contribution in [-0.2, 0) is 9.59 Å². The van der Waals surface area contributed by atoms with Crippen molar-refractivity contribution in [2.75, 3.05) is 6.54 Å². The minimum absolute atomic E-state index is 0.146. The van der Waals surface area contributed by atoms with E-state index in [0.29, 0.717) is 19.4 Å². The molecule has 2 unspecified atom stereocenters. The van der Waals surface area contributed by atoms with E-state index in [0.717, 1.165) is 6.42 Å². The first-order valence-corrected chi connectivity index (χ1v) is 5.74. The SMILES string of the molecule is CCC(C)C(N)C(=O)NCCCCC(=O)O. The normalized spacial score (nSPS) is 14.2. The molecule has 0 aliphatic carbocycles. The lowest BCUT2D eigenvalue weighted by Crippen LogP contribution is -2.44. The van der Waals surface area contributed by atoms with Crippen molar-refractivity contribution >= 4 is 11.9 Å². The van der Waals surface area contributed by atoms with Crippen molar-refractivity contribution < 1.29 is 14.7 Å². The summed E-state index contributed by atoms with van der Waals surface area (Å²) in [6.45, 7) is 4.43. The minimum atomic E-state index is -0.803. The molecule has 0 saturated carbocycles. The van der Waals surface area contributed by atoms with Crippen molar-refractivity contribution in [3.63, 3.8) is 0 Å². The molecule has 0 saturated heterocycles. The molecule has 0 aromatic rings. The zero-order chi connectivity index (χ0) is 12.6. The topological polar surface area (TPSA) is 92.4 Å². The summed E-state index contributed by atoms with van der Waals surface area (Å²) >= 11 is 0. The van der Waals surface area contributed by atoms with Crippen molar-refractivity contribution in [1.82, 2.24) is 5.32 Å². The molecule has 5 nitrogen and oxygen atoms in total. The zero-order valence-electron chi connectivity index (χ0n) is 10.0. The summed E-state index contributed by atoms with van der Waals surface area (Å²) in [5, 5.41) is 11.1. The quantitative estimate of drug-likeness (QED) is 0.536. The van der Waals surface area contributed by atoms with Gasteiger partial charge in [0.2, 0.25) is 5.91 Å². The molecule has 94 valence electrons. The number of hydrogen-bond acceptors (Lipinski definition) is 3. The van der Waals surface area contributed by atoms with E-state index in [2.05, 4.69) is 5.32 Å². The average Bonchev–Trinajstić information content (AvgIpc) is 2.25. The van der Waals surface area contributed by atoms with Gasteiger partial charge in [-0.3, -0.25) is 9.59 Å². The molecule has 0 spiro atoms. The van der Waals surface area contributed by atoms with Crippen molar-refractivity contribution in [3.8, 4) is 0 Å². The van der Waals surface area contributed by atoms with Gasteiger partial charge in [0.05, 0.1) is 6.04 Å². The van der Waals surface area contributed by atoms with Crippen LogP contribution in [0, 0.1) is 5.92 Å². The number of amides is 1. The van der Waals surface area contributed by atoms with Crippen LogP contribution in [0.4, 0.5) is 0 Å². The van der Waals surface area contributed by atoms with Crippen molar-refractivity contribution in [2.45, 2.75) is 45.6 Å². The van der Waals surface area contributed by atoms with Gasteiger partial charge in [-0.05, 0) is 18.8 Å². The summed E-state index contributed by atoms with van der Waals surface area (Å²) in [5.74, 6) is -0.786. The van der Waals surface area contributed by atoms with Gasteiger partial charge in [0.25, 0.3) is 0 Å². The Morgan fingerprint density at radius 2 is 2.00 bits per heavy atom. The van der Waals surface area contributed by atoms with Gasteiger partial charge in [0, 0.05) is 13.0 Å². The smallest absolute Gasteiger partial charge is 0.303 e. The molecular weight excluding hydrogens is 208 g/mol. The molecule has 0 aromatic heterocycles. The third-order valence-corrected chi connectivity index (χ3v) is 2.68. The average molecular weight is 230 g/mol. The Balaban J connectivity index is 3.61. The third-order valence-electron chi connectivity index (χ3n) is 2.68. The van der Waals surface area contributed by atoms with E-state index in [1.807, 2.05) is 13.8 Å². The lowest BCUT2D eigenvalue weighted by molar-refractivity contribution is -0.137. The summed E-state index contributed by atoms with van der Waals surface area (Å²) in [4.78, 5) is 21.7. The number of hydrogen-bond donors (Lipinski definition) is 3. The Bertz CT molecular complexity index is 231. The molecule has 0 heterocycles. The molecule has 0 fully saturated rings. The molecule has 0 bridgehead atoms. The van der Waals surface area contributed by atoms with Crippen LogP contribution in [0.25, 0.3) is 0 Å². The van der Waals surface area contributed by atoms with Crippen molar-refractivity contribution in [3.05, 3.63) is 0 Å². The molecule has 0 rings (SSSR count). The largest absolute Gasteiger partial charge is 0.481 e. The summed E-state index contributed by atoms with van der Waals surface area (Å²) in [6, 6.07) is -0.468. The monoisotopic (exact) mass is 230 g/mol. The van der Waals surface area contributed by atoms with Gasteiger partial charge in [0.15, 0.2) is 0 Å². The third kappa shape index (κ3) is 6.40. The number of nitrogens with one attached hydrogen (secondary N) is 1. The van der Waals surface area contributed by atoms with Gasteiger partial charge in [0.1, 0.15) is 0 Å². The zero-order valence-corrected chi connectivity index (χ0v) is 10.0. The molecule has 0 aliphatic heterocycles. The van der Waals surface area contributed by atoms with Crippen LogP contribution in [-0.4, -0.2) is 29.6 Å². The van der Waals surface area contributed by atoms with Gasteiger partial charge >= 0.3 is 5.97 Å². The first-order valence-electron chi connectivity index (χ1n) is 5.74. The van der Waals surface area contributed by atoms with E-state index in [9.17, 15) is 9.59 Å². The second-order valence-corrected chi connectivity index (χ2v) is 4.05. The minimum Gasteiger partial charge on any atom is -0.481 e. The number of carbonyl (C=O) groups excluding carboxylic acids is 1. The van der Waals surface area contributed by atoms with Crippen molar-refractivity contribution in [1.29, 1.82) is 0 Å². The van der Waals surface area contributed by atoms with Gasteiger partial charge < -0.3 is 16.2 Å². The molecule has 16 heavy (non-hydrogen) atoms. The van der Waals surface area contributed by atoms with Crippen LogP contribution in [0.5, 0.6) is 0 Å². The van der Waals surface area contributed by atoms with Crippen LogP contribution in [0.15, 0.2) is 0 Å². The highest BCUT2D eigenvalue weighted by Crippen LogP contribution is 2.05. The molecule has 0 radical (unpaired) electrons. The van der Waals surface area contributed by atoms with Gasteiger partial charge in [-0.2, -0.15) is 0 Å². The molecule has 0 aromatic carbocycles. The number of carboxylic acids is 1. The number of carbonyl (C=O) groups is 2. The van der Waals surface area contributed by atoms with Crippen LogP contribution in [0.3, 0.4) is 0 Å². The fourth-order valence-corrected chi connectivity index (χ4v) is 1.24. The Morgan fingerprint density at radius 1 is 1.38 bits per heavy atom. The predicted molar refractivity (Wildman–Crippen MR) is 61.9 cm³/mol. The van der Waals surface area contributed by atoms with E-state index < -0.39 is 12.0 Å². The second kappa shape index (κ2) is 8.10. The van der Waals surface area contributed by atoms with Crippen LogP contribution in [0.2, 0.25) is 0 Å². The van der Waals surface area contributed by atoms with E-state index in [1.54, 1.807) is 0 Å². The fraction of sp³-hybridized carbons (Fsp3) is 0.818. The number of carboxylic acid groups (broad SMARTS) is 1. The lowest BCUT2D eigenvalue weighted by Gasteiger charge is -2.17. The predicted octanol–water partition coefficient (Wildman–Crippen LogP) is 0.731. The molecule has 0 aliphatic rings. The molecular formula is C11H22N2O3. The number of rotatable bonds is 8. The Kier molecular flexibility index (Phi) is 7.54. The van der Waals surface area contributed by atoms with Crippen LogP contribution < -0.4 is 11.1 Å². The number of nitrogens with two attached hydrogens (primary N) is 1. The highest BCUT2D eigenvalue weighted by molar-refractivity contribution is 5.81. The van der Waals surface area contributed by atoms with Gasteiger partial charge in [-0.15, -0.1) is 0 Å². The molecule has 2 atom stereocenters.